The van der Waals surface area contributed by atoms with Crippen molar-refractivity contribution in [3.8, 4) is 0 Å². The van der Waals surface area contributed by atoms with Gasteiger partial charge < -0.3 is 9.05 Å². The summed E-state index contributed by atoms with van der Waals surface area (Å²) >= 11 is 1.08. The lowest BCUT2D eigenvalue weighted by Crippen LogP contribution is -2.10. The molecule has 0 rings (SSSR count). The fraction of sp³-hybridized carbons (Fsp3) is 1.00. The molecule has 39 heavy (non-hydrogen) atoms. The lowest BCUT2D eigenvalue weighted by Gasteiger charge is -2.07. The Morgan fingerprint density at radius 1 is 0.744 bits per heavy atom. The summed E-state index contributed by atoms with van der Waals surface area (Å²) < 4.78 is 100. The van der Waals surface area contributed by atoms with E-state index in [0.29, 0.717) is 10.8 Å². The maximum absolute atomic E-state index is 10.8. The van der Waals surface area contributed by atoms with Crippen molar-refractivity contribution in [2.24, 2.45) is 0 Å². The van der Waals surface area contributed by atoms with Gasteiger partial charge in [0.05, 0.1) is 24.1 Å². The average Bonchev–Trinajstić information content (AvgIpc) is 2.92. The van der Waals surface area contributed by atoms with Gasteiger partial charge >= 0.3 is 15.9 Å². The van der Waals surface area contributed by atoms with E-state index < -0.39 is 54.8 Å². The van der Waals surface area contributed by atoms with Gasteiger partial charge in [-0.05, 0) is 92.1 Å². The van der Waals surface area contributed by atoms with Crippen molar-refractivity contribution in [1.29, 1.82) is 0 Å². The van der Waals surface area contributed by atoms with Gasteiger partial charge in [-0.15, -0.1) is 0 Å². The molecule has 0 N–H and O–H groups in total. The van der Waals surface area contributed by atoms with Crippen LogP contribution in [0.15, 0.2) is 0 Å². The van der Waals surface area contributed by atoms with Gasteiger partial charge in [0, 0.05) is 40.8 Å². The minimum absolute atomic E-state index is 0.656. The Balaban J connectivity index is -0.0000000843. The molecule has 0 amide bonds. The fourth-order valence-corrected chi connectivity index (χ4v) is 4.13. The van der Waals surface area contributed by atoms with Crippen molar-refractivity contribution in [3.05, 3.63) is 0 Å². The van der Waals surface area contributed by atoms with E-state index in [4.69, 9.17) is 0 Å². The zero-order valence-corrected chi connectivity index (χ0v) is 34.2. The van der Waals surface area contributed by atoms with E-state index >= 15 is 0 Å². The van der Waals surface area contributed by atoms with Crippen LogP contribution in [0.5, 0.6) is 0 Å². The molecular formula is C14H42NO12PS11. The Kier molecular flexibility index (Phi) is 48.4. The fourth-order valence-electron chi connectivity index (χ4n) is 0.509. The van der Waals surface area contributed by atoms with Crippen molar-refractivity contribution in [2.45, 2.75) is 0 Å². The van der Waals surface area contributed by atoms with Gasteiger partial charge in [-0.1, -0.05) is 10.8 Å². The molecule has 0 fully saturated rings. The minimum Gasteiger partial charge on any atom is -0.304 e. The summed E-state index contributed by atoms with van der Waals surface area (Å²) in [5, 5.41) is 0. The highest BCUT2D eigenvalue weighted by Crippen LogP contribution is 2.57. The van der Waals surface area contributed by atoms with Crippen LogP contribution in [0.25, 0.3) is 0 Å². The Labute approximate surface area is 266 Å². The first-order chi connectivity index (χ1) is 17.6. The lowest BCUT2D eigenvalue weighted by atomic mass is 11.3. The van der Waals surface area contributed by atoms with Crippen LogP contribution in [-0.4, -0.2) is 126 Å². The van der Waals surface area contributed by atoms with Gasteiger partial charge in [0.1, 0.15) is 0 Å². The van der Waals surface area contributed by atoms with E-state index in [1.54, 1.807) is 37.2 Å². The molecule has 3 atom stereocenters. The van der Waals surface area contributed by atoms with E-state index in [2.05, 4.69) is 17.4 Å². The molecule has 0 spiro atoms. The summed E-state index contributed by atoms with van der Waals surface area (Å²) in [6, 6.07) is 0. The predicted octanol–water partition coefficient (Wildman–Crippen LogP) is 4.01. The van der Waals surface area contributed by atoms with Gasteiger partial charge in [0.25, 0.3) is 0 Å². The number of hydrogen-bond donors (Lipinski definition) is 0. The first kappa shape index (κ1) is 54.0. The third-order valence-electron chi connectivity index (χ3n) is 2.33. The lowest BCUT2D eigenvalue weighted by molar-refractivity contribution is 0.295. The average molecular weight is 800 g/mol. The standard InChI is InChI=1S/C3H9NOS2.C3H9O3PS.C2H6O3S2.2C2H6O2S2.C2H6OS2/c1-4(2)7(5)6-3;1-5-7(4,6-2)8-3;1-5-7(3,4)6-2;1-5-6(2,3)4;1-4-6(3)5-2;1-4-5(2)3/h1-3H3;1-3H3;1-2H3;2*1-2H3;1-2H3. The second-order valence-electron chi connectivity index (χ2n) is 4.91. The zero-order chi connectivity index (χ0) is 32.9. The van der Waals surface area contributed by atoms with E-state index in [1.807, 2.05) is 12.5 Å². The molecule has 0 aliphatic rings. The van der Waals surface area contributed by atoms with Crippen LogP contribution in [0.2, 0.25) is 0 Å². The largest absolute Gasteiger partial charge is 0.388 e. The van der Waals surface area contributed by atoms with Crippen LogP contribution in [-0.2, 0) is 70.0 Å². The molecule has 0 radical (unpaired) electrons. The van der Waals surface area contributed by atoms with Crippen LogP contribution < -0.4 is 0 Å². The third-order valence-corrected chi connectivity index (χ3v) is 17.1. The van der Waals surface area contributed by atoms with E-state index in [-0.39, 0.29) is 0 Å². The Morgan fingerprint density at radius 2 is 1.10 bits per heavy atom. The summed E-state index contributed by atoms with van der Waals surface area (Å²) in [4.78, 5) is 0. The Bertz CT molecular complexity index is 838. The van der Waals surface area contributed by atoms with Crippen LogP contribution >= 0.6 is 72.1 Å². The van der Waals surface area contributed by atoms with Crippen LogP contribution in [0.4, 0.5) is 0 Å². The van der Waals surface area contributed by atoms with Gasteiger partial charge in [0.2, 0.25) is 10.1 Å². The quantitative estimate of drug-likeness (QED) is 0.216. The van der Waals surface area contributed by atoms with Gasteiger partial charge in [-0.2, -0.15) is 8.42 Å². The molecule has 0 aromatic heterocycles. The smallest absolute Gasteiger partial charge is 0.304 e. The molecule has 246 valence electrons. The van der Waals surface area contributed by atoms with Crippen molar-refractivity contribution in [2.75, 3.05) is 92.6 Å². The Morgan fingerprint density at radius 3 is 1.10 bits per heavy atom. The van der Waals surface area contributed by atoms with Crippen molar-refractivity contribution >= 4 is 120 Å². The van der Waals surface area contributed by atoms with E-state index in [1.165, 1.54) is 72.5 Å². The van der Waals surface area contributed by atoms with Crippen LogP contribution in [0.3, 0.4) is 0 Å². The van der Waals surface area contributed by atoms with Crippen molar-refractivity contribution in [3.63, 3.8) is 0 Å². The topological polar surface area (TPSA) is 177 Å². The van der Waals surface area contributed by atoms with Crippen LogP contribution in [0.1, 0.15) is 0 Å². The molecule has 3 unspecified atom stereocenters. The number of nitrogens with zero attached hydrogens (tertiary/aromatic N) is 1. The Hall–Kier alpha value is 2.48. The normalized spacial score (nSPS) is 13.1. The summed E-state index contributed by atoms with van der Waals surface area (Å²) in [5.41, 5.74) is 0. The zero-order valence-electron chi connectivity index (χ0n) is 24.3. The van der Waals surface area contributed by atoms with Gasteiger partial charge in [-0.25, -0.2) is 29.9 Å². The molecule has 0 aliphatic heterocycles. The molecule has 0 aromatic carbocycles. The summed E-state index contributed by atoms with van der Waals surface area (Å²) in [6.45, 7) is -2.75. The molecule has 0 saturated heterocycles. The SMILES string of the molecule is COP(=O)(OC)SC.COS(=O)(=O)SC.COS(=O)SC.CSS(=O)N(C)C.CSS(C)(=O)=O.CSS(C)=O. The summed E-state index contributed by atoms with van der Waals surface area (Å²) in [5.74, 6) is 0. The number of rotatable bonds is 11. The molecular weight excluding hydrogens is 758 g/mol. The molecule has 0 heterocycles. The molecule has 0 saturated carbocycles. The molecule has 25 heteroatoms. The highest BCUT2D eigenvalue weighted by Gasteiger charge is 2.17. The van der Waals surface area contributed by atoms with Crippen molar-refractivity contribution in [1.82, 2.24) is 4.31 Å². The molecule has 13 nitrogen and oxygen atoms in total. The third kappa shape index (κ3) is 56.8. The van der Waals surface area contributed by atoms with Gasteiger partial charge in [-0.3, -0.25) is 8.37 Å². The van der Waals surface area contributed by atoms with Crippen molar-refractivity contribution < 1.29 is 51.4 Å². The second-order valence-corrected chi connectivity index (χ2v) is 27.4. The molecule has 0 aliphatic carbocycles. The highest BCUT2D eigenvalue weighted by molar-refractivity contribution is 8.71. The molecule has 0 aromatic rings. The highest BCUT2D eigenvalue weighted by atomic mass is 33.2. The summed E-state index contributed by atoms with van der Waals surface area (Å²) in [6.07, 6.45) is 12.8. The maximum Gasteiger partial charge on any atom is 0.388 e. The first-order valence-electron chi connectivity index (χ1n) is 9.04. The first-order valence-corrected chi connectivity index (χ1v) is 28.2. The monoisotopic (exact) mass is 799 g/mol. The molecule has 0 bridgehead atoms. The van der Waals surface area contributed by atoms with E-state index in [9.17, 15) is 34.0 Å². The summed E-state index contributed by atoms with van der Waals surface area (Å²) in [7, 11) is 5.63. The van der Waals surface area contributed by atoms with Crippen LogP contribution in [0, 0.1) is 0 Å². The van der Waals surface area contributed by atoms with Gasteiger partial charge in [0.15, 0.2) is 18.9 Å². The second kappa shape index (κ2) is 35.0. The van der Waals surface area contributed by atoms with E-state index in [0.717, 1.165) is 29.3 Å². The predicted molar refractivity (Wildman–Crippen MR) is 185 cm³/mol. The maximum atomic E-state index is 10.8. The number of hydrogen-bond acceptors (Lipinski definition) is 18. The minimum atomic E-state index is -3.24.